The van der Waals surface area contributed by atoms with Gasteiger partial charge in [-0.15, -0.1) is 0 Å². The first kappa shape index (κ1) is 14.9. The lowest BCUT2D eigenvalue weighted by Gasteiger charge is -2.14. The summed E-state index contributed by atoms with van der Waals surface area (Å²) in [5, 5.41) is 10.7. The van der Waals surface area contributed by atoms with Gasteiger partial charge in [0.2, 0.25) is 5.91 Å². The second-order valence-electron chi connectivity index (χ2n) is 3.75. The quantitative estimate of drug-likeness (QED) is 0.497. The Balaban J connectivity index is 3.10. The van der Waals surface area contributed by atoms with Crippen molar-refractivity contribution in [3.63, 3.8) is 0 Å². The third-order valence-electron chi connectivity index (χ3n) is 2.28. The van der Waals surface area contributed by atoms with Crippen LogP contribution in [0, 0.1) is 23.3 Å². The number of nitrogens with one attached hydrogen (secondary N) is 1. The summed E-state index contributed by atoms with van der Waals surface area (Å²) in [4.78, 5) is 21.5. The molecule has 1 aromatic rings. The van der Waals surface area contributed by atoms with E-state index < -0.39 is 53.2 Å². The number of benzene rings is 1. The van der Waals surface area contributed by atoms with Crippen LogP contribution in [0.3, 0.4) is 0 Å². The number of carbonyl (C=O) groups excluding carboxylic acids is 1. The highest BCUT2D eigenvalue weighted by Gasteiger charge is 2.24. The number of hydrogen-bond acceptors (Lipinski definition) is 2. The molecule has 0 aliphatic rings. The maximum Gasteiger partial charge on any atom is 0.326 e. The molecule has 0 saturated carbocycles. The molecule has 0 aliphatic carbocycles. The Hall–Kier alpha value is -2.12. The number of carbonyl (C=O) groups is 2. The largest absolute Gasteiger partial charge is 0.480 e. The van der Waals surface area contributed by atoms with E-state index in [9.17, 15) is 27.2 Å². The van der Waals surface area contributed by atoms with Crippen molar-refractivity contribution in [2.75, 3.05) is 0 Å². The zero-order valence-electron chi connectivity index (χ0n) is 9.64. The second-order valence-corrected chi connectivity index (χ2v) is 3.75. The molecule has 1 amide bonds. The van der Waals surface area contributed by atoms with E-state index in [4.69, 9.17) is 5.11 Å². The first-order valence-corrected chi connectivity index (χ1v) is 5.05. The first-order chi connectivity index (χ1) is 8.73. The Morgan fingerprint density at radius 3 is 2.26 bits per heavy atom. The van der Waals surface area contributed by atoms with Gasteiger partial charge in [-0.05, 0) is 11.6 Å². The molecule has 1 aromatic carbocycles. The summed E-state index contributed by atoms with van der Waals surface area (Å²) in [5.41, 5.74) is -0.683. The van der Waals surface area contributed by atoms with Gasteiger partial charge in [-0.3, -0.25) is 4.79 Å². The smallest absolute Gasteiger partial charge is 0.326 e. The number of hydrogen-bond donors (Lipinski definition) is 2. The van der Waals surface area contributed by atoms with Crippen LogP contribution in [0.5, 0.6) is 0 Å². The molecule has 0 aliphatic heterocycles. The first-order valence-electron chi connectivity index (χ1n) is 5.05. The van der Waals surface area contributed by atoms with Gasteiger partial charge in [0.25, 0.3) is 0 Å². The van der Waals surface area contributed by atoms with Crippen molar-refractivity contribution in [1.29, 1.82) is 0 Å². The summed E-state index contributed by atoms with van der Waals surface area (Å²) >= 11 is 0. The summed E-state index contributed by atoms with van der Waals surface area (Å²) < 4.78 is 51.9. The van der Waals surface area contributed by atoms with E-state index in [0.717, 1.165) is 6.92 Å². The number of carboxylic acids is 1. The molecule has 1 atom stereocenters. The van der Waals surface area contributed by atoms with Gasteiger partial charge in [0, 0.05) is 13.3 Å². The Kier molecular flexibility index (Phi) is 4.47. The number of rotatable bonds is 4. The van der Waals surface area contributed by atoms with Gasteiger partial charge in [-0.2, -0.15) is 0 Å². The van der Waals surface area contributed by atoms with Crippen LogP contribution in [-0.2, 0) is 16.0 Å². The Labute approximate surface area is 105 Å². The third kappa shape index (κ3) is 3.43. The summed E-state index contributed by atoms with van der Waals surface area (Å²) in [6.45, 7) is 1.03. The fraction of sp³-hybridized carbons (Fsp3) is 0.273. The molecule has 0 spiro atoms. The van der Waals surface area contributed by atoms with E-state index in [-0.39, 0.29) is 0 Å². The number of halogens is 4. The van der Waals surface area contributed by atoms with Crippen LogP contribution in [0.15, 0.2) is 6.07 Å². The van der Waals surface area contributed by atoms with Gasteiger partial charge < -0.3 is 10.4 Å². The maximum absolute atomic E-state index is 13.3. The molecule has 104 valence electrons. The summed E-state index contributed by atoms with van der Waals surface area (Å²) in [5.74, 6) is -9.55. The van der Waals surface area contributed by atoms with Gasteiger partial charge in [0.15, 0.2) is 23.3 Å². The van der Waals surface area contributed by atoms with Crippen LogP contribution in [-0.4, -0.2) is 23.0 Å². The van der Waals surface area contributed by atoms with Gasteiger partial charge in [-0.1, -0.05) is 0 Å². The summed E-state index contributed by atoms with van der Waals surface area (Å²) in [7, 11) is 0. The summed E-state index contributed by atoms with van der Waals surface area (Å²) in [6.07, 6.45) is -0.713. The van der Waals surface area contributed by atoms with E-state index in [1.54, 1.807) is 0 Å². The zero-order chi connectivity index (χ0) is 14.7. The predicted octanol–water partition coefficient (Wildman–Crippen LogP) is 1.37. The lowest BCUT2D eigenvalue weighted by Crippen LogP contribution is -2.41. The van der Waals surface area contributed by atoms with Crippen LogP contribution in [0.25, 0.3) is 0 Å². The van der Waals surface area contributed by atoms with E-state index in [1.807, 2.05) is 5.32 Å². The standard InChI is InChI=1S/C11H9F4NO3/c1-4(17)16-7(11(18)19)3-5-2-6(12)9(14)10(15)8(5)13/h2,7H,3H2,1H3,(H,16,17)(H,18,19). The molecule has 8 heteroatoms. The molecular weight excluding hydrogens is 270 g/mol. The van der Waals surface area contributed by atoms with Crippen molar-refractivity contribution >= 4 is 11.9 Å². The van der Waals surface area contributed by atoms with Crippen molar-refractivity contribution in [3.8, 4) is 0 Å². The Bertz CT molecular complexity index is 533. The third-order valence-corrected chi connectivity index (χ3v) is 2.28. The van der Waals surface area contributed by atoms with Gasteiger partial charge in [0.05, 0.1) is 0 Å². The second kappa shape index (κ2) is 5.68. The molecule has 0 aromatic heterocycles. The van der Waals surface area contributed by atoms with E-state index in [0.29, 0.717) is 6.07 Å². The highest BCUT2D eigenvalue weighted by Crippen LogP contribution is 2.20. The molecule has 1 rings (SSSR count). The molecule has 0 fully saturated rings. The minimum Gasteiger partial charge on any atom is -0.480 e. The minimum atomic E-state index is -2.03. The fourth-order valence-corrected chi connectivity index (χ4v) is 1.44. The molecule has 2 N–H and O–H groups in total. The topological polar surface area (TPSA) is 66.4 Å². The van der Waals surface area contributed by atoms with Crippen LogP contribution < -0.4 is 5.32 Å². The number of aliphatic carboxylic acids is 1. The summed E-state index contributed by atoms with van der Waals surface area (Å²) in [6, 6.07) is -1.22. The highest BCUT2D eigenvalue weighted by atomic mass is 19.2. The van der Waals surface area contributed by atoms with Crippen molar-refractivity contribution < 1.29 is 32.3 Å². The lowest BCUT2D eigenvalue weighted by molar-refractivity contribution is -0.141. The van der Waals surface area contributed by atoms with Gasteiger partial charge >= 0.3 is 5.97 Å². The van der Waals surface area contributed by atoms with Crippen molar-refractivity contribution in [3.05, 3.63) is 34.9 Å². The maximum atomic E-state index is 13.3. The zero-order valence-corrected chi connectivity index (χ0v) is 9.64. The van der Waals surface area contributed by atoms with Crippen molar-refractivity contribution in [2.24, 2.45) is 0 Å². The van der Waals surface area contributed by atoms with Crippen LogP contribution in [0.2, 0.25) is 0 Å². The van der Waals surface area contributed by atoms with Crippen molar-refractivity contribution in [1.82, 2.24) is 5.32 Å². The number of amides is 1. The SMILES string of the molecule is CC(=O)NC(Cc1cc(F)c(F)c(F)c1F)C(=O)O. The average Bonchev–Trinajstić information content (AvgIpc) is 2.31. The van der Waals surface area contributed by atoms with E-state index >= 15 is 0 Å². The van der Waals surface area contributed by atoms with Gasteiger partial charge in [-0.25, -0.2) is 22.4 Å². The van der Waals surface area contributed by atoms with Crippen molar-refractivity contribution in [2.45, 2.75) is 19.4 Å². The van der Waals surface area contributed by atoms with E-state index in [2.05, 4.69) is 0 Å². The Morgan fingerprint density at radius 2 is 1.79 bits per heavy atom. The van der Waals surface area contributed by atoms with Crippen LogP contribution in [0.1, 0.15) is 12.5 Å². The molecule has 4 nitrogen and oxygen atoms in total. The molecule has 0 saturated heterocycles. The molecule has 19 heavy (non-hydrogen) atoms. The molecule has 0 heterocycles. The fourth-order valence-electron chi connectivity index (χ4n) is 1.44. The number of carboxylic acid groups (broad SMARTS) is 1. The minimum absolute atomic E-state index is 0.353. The van der Waals surface area contributed by atoms with E-state index in [1.165, 1.54) is 0 Å². The molecule has 1 unspecified atom stereocenters. The highest BCUT2D eigenvalue weighted by molar-refractivity contribution is 5.82. The van der Waals surface area contributed by atoms with Crippen LogP contribution >= 0.6 is 0 Å². The molecule has 0 radical (unpaired) electrons. The Morgan fingerprint density at radius 1 is 1.21 bits per heavy atom. The molecule has 0 bridgehead atoms. The molecular formula is C11H9F4NO3. The monoisotopic (exact) mass is 279 g/mol. The lowest BCUT2D eigenvalue weighted by atomic mass is 10.0. The van der Waals surface area contributed by atoms with Crippen LogP contribution in [0.4, 0.5) is 17.6 Å². The average molecular weight is 279 g/mol. The normalized spacial score (nSPS) is 12.1. The van der Waals surface area contributed by atoms with Gasteiger partial charge in [0.1, 0.15) is 6.04 Å². The predicted molar refractivity (Wildman–Crippen MR) is 55.2 cm³/mol.